The molecule has 0 radical (unpaired) electrons. The molecule has 5 rings (SSSR count). The van der Waals surface area contributed by atoms with Crippen LogP contribution in [0.4, 0.5) is 0 Å². The first kappa shape index (κ1) is 17.8. The van der Waals surface area contributed by atoms with Crippen molar-refractivity contribution in [3.63, 3.8) is 0 Å². The highest BCUT2D eigenvalue weighted by Gasteiger charge is 2.60. The number of fused-ring (bicyclic) bond motifs is 1. The summed E-state index contributed by atoms with van der Waals surface area (Å²) in [5, 5.41) is 3.98. The van der Waals surface area contributed by atoms with Gasteiger partial charge in [0.15, 0.2) is 0 Å². The summed E-state index contributed by atoms with van der Waals surface area (Å²) < 4.78 is 0. The van der Waals surface area contributed by atoms with Crippen molar-refractivity contribution in [2.45, 2.75) is 69.6 Å². The molecule has 5 atom stereocenters. The Balaban J connectivity index is 1.52. The molecule has 1 N–H and O–H groups in total. The van der Waals surface area contributed by atoms with Crippen molar-refractivity contribution >= 4 is 5.91 Å². The van der Waals surface area contributed by atoms with Gasteiger partial charge in [-0.1, -0.05) is 50.1 Å². The second-order valence-electron chi connectivity index (χ2n) is 8.90. The number of carbonyl (C=O) groups excluding carboxylic acids is 1. The van der Waals surface area contributed by atoms with Crippen LogP contribution in [0.1, 0.15) is 55.1 Å². The molecule has 2 aromatic rings. The van der Waals surface area contributed by atoms with Crippen LogP contribution in [0.25, 0.3) is 0 Å². The van der Waals surface area contributed by atoms with E-state index in [2.05, 4.69) is 57.4 Å². The van der Waals surface area contributed by atoms with Gasteiger partial charge in [-0.15, -0.1) is 0 Å². The van der Waals surface area contributed by atoms with E-state index < -0.39 is 0 Å². The molecule has 1 amide bonds. The first-order valence-corrected chi connectivity index (χ1v) is 10.6. The summed E-state index contributed by atoms with van der Waals surface area (Å²) in [6, 6.07) is 11.9. The van der Waals surface area contributed by atoms with Crippen LogP contribution in [-0.2, 0) is 6.42 Å². The SMILES string of the molecule is C[C@@]12C[C@H]3[C@@H](Cc4ccccc4)N[C@@H]1CCCC[C@@H]2N3C(=O)c1cnccn1. The standard InChI is InChI=1S/C23H28N4O/c1-23-14-19-17(13-16-7-3-2-4-8-16)26-20(23)9-5-6-10-21(23)27(19)22(28)18-15-24-11-12-25-18/h2-4,7-8,11-12,15,17,19-21,26H,5-6,9-10,13-14H2,1H3/t17-,19+,20-,21+,23-/m1/s1. The molecule has 5 nitrogen and oxygen atoms in total. The van der Waals surface area contributed by atoms with Crippen molar-refractivity contribution in [2.24, 2.45) is 5.41 Å². The highest BCUT2D eigenvalue weighted by molar-refractivity contribution is 5.93. The number of likely N-dealkylation sites (tertiary alicyclic amines) is 1. The van der Waals surface area contributed by atoms with E-state index in [9.17, 15) is 4.79 Å². The molecular weight excluding hydrogens is 348 g/mol. The van der Waals surface area contributed by atoms with Gasteiger partial charge in [0.1, 0.15) is 5.69 Å². The monoisotopic (exact) mass is 376 g/mol. The molecule has 0 spiro atoms. The molecule has 3 fully saturated rings. The second kappa shape index (κ2) is 6.96. The molecule has 1 aromatic carbocycles. The average Bonchev–Trinajstić information content (AvgIpc) is 2.88. The predicted molar refractivity (Wildman–Crippen MR) is 108 cm³/mol. The number of rotatable bonds is 3. The summed E-state index contributed by atoms with van der Waals surface area (Å²) in [4.78, 5) is 24.2. The van der Waals surface area contributed by atoms with Gasteiger partial charge in [-0.2, -0.15) is 0 Å². The van der Waals surface area contributed by atoms with Gasteiger partial charge in [0.05, 0.1) is 6.20 Å². The summed E-state index contributed by atoms with van der Waals surface area (Å²) in [5.41, 5.74) is 1.94. The predicted octanol–water partition coefficient (Wildman–Crippen LogP) is 3.22. The van der Waals surface area contributed by atoms with Gasteiger partial charge >= 0.3 is 0 Å². The molecule has 2 aliphatic heterocycles. The second-order valence-corrected chi connectivity index (χ2v) is 8.90. The molecular formula is C23H28N4O. The normalized spacial score (nSPS) is 34.1. The number of benzene rings is 1. The van der Waals surface area contributed by atoms with Crippen molar-refractivity contribution < 1.29 is 4.79 Å². The number of piperidine rings is 1. The largest absolute Gasteiger partial charge is 0.329 e. The topological polar surface area (TPSA) is 58.1 Å². The van der Waals surface area contributed by atoms with Crippen LogP contribution in [0.5, 0.6) is 0 Å². The molecule has 146 valence electrons. The van der Waals surface area contributed by atoms with Crippen LogP contribution in [0.2, 0.25) is 0 Å². The Labute approximate surface area is 166 Å². The van der Waals surface area contributed by atoms with Crippen LogP contribution < -0.4 is 5.32 Å². The van der Waals surface area contributed by atoms with Crippen LogP contribution in [0, 0.1) is 5.41 Å². The Morgan fingerprint density at radius 3 is 2.82 bits per heavy atom. The summed E-state index contributed by atoms with van der Waals surface area (Å²) >= 11 is 0. The minimum Gasteiger partial charge on any atom is -0.329 e. The lowest BCUT2D eigenvalue weighted by Gasteiger charge is -2.43. The molecule has 2 bridgehead atoms. The Hall–Kier alpha value is -2.27. The smallest absolute Gasteiger partial charge is 0.274 e. The molecule has 1 saturated carbocycles. The highest BCUT2D eigenvalue weighted by Crippen LogP contribution is 2.52. The van der Waals surface area contributed by atoms with Crippen LogP contribution in [0.3, 0.4) is 0 Å². The number of amides is 1. The first-order valence-electron chi connectivity index (χ1n) is 10.6. The van der Waals surface area contributed by atoms with Gasteiger partial charge in [0.25, 0.3) is 5.91 Å². The van der Waals surface area contributed by atoms with E-state index in [1.165, 1.54) is 24.8 Å². The maximum atomic E-state index is 13.5. The van der Waals surface area contributed by atoms with Gasteiger partial charge < -0.3 is 10.2 Å². The number of aromatic nitrogens is 2. The van der Waals surface area contributed by atoms with E-state index >= 15 is 0 Å². The third kappa shape index (κ3) is 2.84. The van der Waals surface area contributed by atoms with Gasteiger partial charge in [-0.3, -0.25) is 9.78 Å². The van der Waals surface area contributed by atoms with Crippen molar-refractivity contribution in [1.82, 2.24) is 20.2 Å². The highest BCUT2D eigenvalue weighted by atomic mass is 16.2. The van der Waals surface area contributed by atoms with Crippen LogP contribution >= 0.6 is 0 Å². The molecule has 28 heavy (non-hydrogen) atoms. The summed E-state index contributed by atoms with van der Waals surface area (Å²) in [6.45, 7) is 2.40. The summed E-state index contributed by atoms with van der Waals surface area (Å²) in [6.07, 6.45) is 11.6. The van der Waals surface area contributed by atoms with E-state index in [0.717, 1.165) is 19.3 Å². The minimum absolute atomic E-state index is 0.0502. The molecule has 3 heterocycles. The van der Waals surface area contributed by atoms with E-state index in [4.69, 9.17) is 0 Å². The number of nitrogens with one attached hydrogen (secondary N) is 1. The molecule has 5 heteroatoms. The average molecular weight is 377 g/mol. The number of hydrogen-bond acceptors (Lipinski definition) is 4. The van der Waals surface area contributed by atoms with E-state index in [0.29, 0.717) is 11.7 Å². The van der Waals surface area contributed by atoms with Crippen molar-refractivity contribution in [3.05, 3.63) is 60.2 Å². The quantitative estimate of drug-likeness (QED) is 0.894. The van der Waals surface area contributed by atoms with Crippen molar-refractivity contribution in [3.8, 4) is 0 Å². The molecule has 1 aromatic heterocycles. The third-order valence-corrected chi connectivity index (χ3v) is 7.31. The van der Waals surface area contributed by atoms with Gasteiger partial charge in [-0.05, 0) is 31.2 Å². The minimum atomic E-state index is 0.0502. The maximum Gasteiger partial charge on any atom is 0.274 e. The van der Waals surface area contributed by atoms with Crippen LogP contribution in [-0.4, -0.2) is 44.9 Å². The molecule has 3 aliphatic rings. The third-order valence-electron chi connectivity index (χ3n) is 7.31. The zero-order valence-corrected chi connectivity index (χ0v) is 16.4. The molecule has 2 saturated heterocycles. The van der Waals surface area contributed by atoms with E-state index in [-0.39, 0.29) is 29.4 Å². The van der Waals surface area contributed by atoms with Crippen molar-refractivity contribution in [1.29, 1.82) is 0 Å². The number of hydrogen-bond donors (Lipinski definition) is 1. The lowest BCUT2D eigenvalue weighted by molar-refractivity contribution is 0.0605. The maximum absolute atomic E-state index is 13.5. The fourth-order valence-electron chi connectivity index (χ4n) is 5.97. The lowest BCUT2D eigenvalue weighted by atomic mass is 9.70. The first-order chi connectivity index (χ1) is 13.7. The summed E-state index contributed by atoms with van der Waals surface area (Å²) in [5.74, 6) is 0.0502. The Morgan fingerprint density at radius 2 is 2.04 bits per heavy atom. The van der Waals surface area contributed by atoms with Gasteiger partial charge in [-0.25, -0.2) is 4.98 Å². The van der Waals surface area contributed by atoms with Crippen molar-refractivity contribution in [2.75, 3.05) is 0 Å². The van der Waals surface area contributed by atoms with E-state index in [1.54, 1.807) is 18.6 Å². The Kier molecular flexibility index (Phi) is 4.43. The fourth-order valence-corrected chi connectivity index (χ4v) is 5.97. The Bertz CT molecular complexity index is 842. The molecule has 1 aliphatic carbocycles. The zero-order valence-electron chi connectivity index (χ0n) is 16.4. The number of carbonyl (C=O) groups is 1. The zero-order chi connectivity index (χ0) is 19.1. The number of nitrogens with zero attached hydrogens (tertiary/aromatic N) is 3. The molecule has 0 unspecified atom stereocenters. The van der Waals surface area contributed by atoms with Gasteiger partial charge in [0.2, 0.25) is 0 Å². The van der Waals surface area contributed by atoms with Gasteiger partial charge in [0, 0.05) is 42.0 Å². The fraction of sp³-hybridized carbons (Fsp3) is 0.522. The van der Waals surface area contributed by atoms with E-state index in [1.807, 2.05) is 0 Å². The summed E-state index contributed by atoms with van der Waals surface area (Å²) in [7, 11) is 0. The lowest BCUT2D eigenvalue weighted by Crippen LogP contribution is -2.57. The van der Waals surface area contributed by atoms with Crippen LogP contribution in [0.15, 0.2) is 48.9 Å². The Morgan fingerprint density at radius 1 is 1.21 bits per heavy atom.